The largest absolute Gasteiger partial charge is 0.423 e. The third kappa shape index (κ3) is 18.2. The third-order valence-electron chi connectivity index (χ3n) is 11.1. The summed E-state index contributed by atoms with van der Waals surface area (Å²) in [5, 5.41) is 0. The first-order valence-corrected chi connectivity index (χ1v) is 25.3. The van der Waals surface area contributed by atoms with E-state index in [2.05, 4.69) is 13.8 Å². The lowest BCUT2D eigenvalue weighted by molar-refractivity contribution is 0.0724. The summed E-state index contributed by atoms with van der Waals surface area (Å²) in [5.41, 5.74) is 0.503. The van der Waals surface area contributed by atoms with Crippen molar-refractivity contribution in [2.24, 2.45) is 0 Å². The molecule has 0 aliphatic carbocycles. The van der Waals surface area contributed by atoms with Crippen molar-refractivity contribution in [1.82, 2.24) is 0 Å². The molecule has 2 aromatic heterocycles. The van der Waals surface area contributed by atoms with Gasteiger partial charge < -0.3 is 18.9 Å². The van der Waals surface area contributed by atoms with Crippen LogP contribution in [0, 0.1) is 0 Å². The molecule has 10 heteroatoms. The molecule has 0 aliphatic heterocycles. The first-order valence-electron chi connectivity index (χ1n) is 23.7. The zero-order valence-electron chi connectivity index (χ0n) is 37.9. The Bertz CT molecular complexity index is 2000. The highest BCUT2D eigenvalue weighted by Crippen LogP contribution is 2.26. The van der Waals surface area contributed by atoms with Gasteiger partial charge in [-0.1, -0.05) is 135 Å². The summed E-state index contributed by atoms with van der Waals surface area (Å²) in [4.78, 5) is 55.1. The smallest absolute Gasteiger partial charge is 0.353 e. The number of thiophene rings is 2. The molecule has 0 amide bonds. The third-order valence-corrected chi connectivity index (χ3v) is 13.4. The minimum Gasteiger partial charge on any atom is -0.423 e. The highest BCUT2D eigenvalue weighted by molar-refractivity contribution is 7.14. The first-order chi connectivity index (χ1) is 31.3. The van der Waals surface area contributed by atoms with Crippen molar-refractivity contribution in [2.45, 2.75) is 155 Å². The van der Waals surface area contributed by atoms with Gasteiger partial charge in [0.15, 0.2) is 0 Å². The van der Waals surface area contributed by atoms with Crippen LogP contribution in [0.1, 0.15) is 192 Å². The second kappa shape index (κ2) is 28.7. The van der Waals surface area contributed by atoms with E-state index in [4.69, 9.17) is 18.9 Å². The molecule has 0 saturated heterocycles. The standard InChI is InChI=1S/C54H66O8S2/c1-3-5-7-9-11-13-15-17-19-21-26-47-36-38-49(63-47)53(57)59-43-32-28-41(29-33-43)51(55)61-45-24-23-25-46(40-45)62-52(56)42-30-34-44(35-31-42)60-54(58)50-39-37-48(64-50)27-22-20-18-16-14-12-10-8-6-4-2/h23-25,28-40H,3-22,26-27H2,1-2H3. The normalized spacial score (nSPS) is 11.0. The molecule has 0 radical (unpaired) electrons. The predicted octanol–water partition coefficient (Wildman–Crippen LogP) is 15.6. The number of aryl methyl sites for hydroxylation is 2. The number of hydrogen-bond donors (Lipinski definition) is 0. The molecule has 5 aromatic rings. The van der Waals surface area contributed by atoms with Crippen molar-refractivity contribution in [3.8, 4) is 23.0 Å². The molecule has 0 N–H and O–H groups in total. The summed E-state index contributed by atoms with van der Waals surface area (Å²) in [6, 6.07) is 26.1. The van der Waals surface area contributed by atoms with E-state index in [0.717, 1.165) is 25.7 Å². The summed E-state index contributed by atoms with van der Waals surface area (Å²) < 4.78 is 22.3. The molecule has 0 bridgehead atoms. The number of carbonyl (C=O) groups excluding carboxylic acids is 4. The lowest BCUT2D eigenvalue weighted by Crippen LogP contribution is -2.11. The van der Waals surface area contributed by atoms with Crippen molar-refractivity contribution in [3.63, 3.8) is 0 Å². The van der Waals surface area contributed by atoms with Crippen LogP contribution >= 0.6 is 22.7 Å². The van der Waals surface area contributed by atoms with Gasteiger partial charge in [-0.25, -0.2) is 19.2 Å². The van der Waals surface area contributed by atoms with Crippen LogP contribution in [-0.4, -0.2) is 23.9 Å². The van der Waals surface area contributed by atoms with Crippen LogP contribution in [0.3, 0.4) is 0 Å². The molecular formula is C54H66O8S2. The molecule has 2 heterocycles. The summed E-state index contributed by atoms with van der Waals surface area (Å²) in [6.07, 6.45) is 27.7. The quantitative estimate of drug-likeness (QED) is 0.0255. The lowest BCUT2D eigenvalue weighted by Gasteiger charge is -2.09. The van der Waals surface area contributed by atoms with Crippen molar-refractivity contribution in [3.05, 3.63) is 128 Å². The average molecular weight is 907 g/mol. The second-order valence-electron chi connectivity index (χ2n) is 16.5. The Morgan fingerprint density at radius 1 is 0.359 bits per heavy atom. The van der Waals surface area contributed by atoms with E-state index >= 15 is 0 Å². The highest BCUT2D eigenvalue weighted by Gasteiger charge is 2.17. The average Bonchev–Trinajstić information content (AvgIpc) is 3.99. The van der Waals surface area contributed by atoms with Crippen LogP contribution in [0.25, 0.3) is 0 Å². The molecule has 0 fully saturated rings. The Kier molecular flexibility index (Phi) is 22.4. The number of esters is 4. The van der Waals surface area contributed by atoms with Crippen LogP contribution in [0.4, 0.5) is 0 Å². The number of benzene rings is 3. The van der Waals surface area contributed by atoms with Crippen LogP contribution in [-0.2, 0) is 12.8 Å². The minimum atomic E-state index is -0.630. The van der Waals surface area contributed by atoms with E-state index in [1.54, 1.807) is 42.5 Å². The Balaban J connectivity index is 0.988. The Morgan fingerprint density at radius 2 is 0.688 bits per heavy atom. The van der Waals surface area contributed by atoms with Gasteiger partial charge in [0, 0.05) is 15.8 Å². The zero-order chi connectivity index (χ0) is 45.2. The molecule has 64 heavy (non-hydrogen) atoms. The highest BCUT2D eigenvalue weighted by atomic mass is 32.1. The molecule has 0 unspecified atom stereocenters. The van der Waals surface area contributed by atoms with Gasteiger partial charge in [0.25, 0.3) is 0 Å². The number of ether oxygens (including phenoxy) is 4. The van der Waals surface area contributed by atoms with Crippen molar-refractivity contribution >= 4 is 46.6 Å². The summed E-state index contributed by atoms with van der Waals surface area (Å²) in [6.45, 7) is 4.50. The van der Waals surface area contributed by atoms with Crippen molar-refractivity contribution in [1.29, 1.82) is 0 Å². The fourth-order valence-corrected chi connectivity index (χ4v) is 9.24. The molecular weight excluding hydrogens is 841 g/mol. The van der Waals surface area contributed by atoms with Gasteiger partial charge in [-0.2, -0.15) is 0 Å². The minimum absolute atomic E-state index is 0.180. The van der Waals surface area contributed by atoms with Crippen molar-refractivity contribution in [2.75, 3.05) is 0 Å². The maximum atomic E-state index is 13.0. The molecule has 0 atom stereocenters. The van der Waals surface area contributed by atoms with Gasteiger partial charge in [-0.05, 0) is 111 Å². The summed E-state index contributed by atoms with van der Waals surface area (Å²) in [7, 11) is 0. The predicted molar refractivity (Wildman–Crippen MR) is 259 cm³/mol. The molecule has 0 spiro atoms. The van der Waals surface area contributed by atoms with Gasteiger partial charge in [-0.3, -0.25) is 0 Å². The lowest BCUT2D eigenvalue weighted by atomic mass is 10.1. The van der Waals surface area contributed by atoms with Gasteiger partial charge in [0.1, 0.15) is 32.8 Å². The number of rotatable bonds is 30. The van der Waals surface area contributed by atoms with E-state index in [1.807, 2.05) is 24.3 Å². The van der Waals surface area contributed by atoms with Gasteiger partial charge in [0.05, 0.1) is 11.1 Å². The molecule has 3 aromatic carbocycles. The fourth-order valence-electron chi connectivity index (χ4n) is 7.38. The number of unbranched alkanes of at least 4 members (excludes halogenated alkanes) is 18. The van der Waals surface area contributed by atoms with Gasteiger partial charge >= 0.3 is 23.9 Å². The maximum absolute atomic E-state index is 13.0. The molecule has 0 aliphatic rings. The topological polar surface area (TPSA) is 105 Å². The van der Waals surface area contributed by atoms with Gasteiger partial charge in [-0.15, -0.1) is 22.7 Å². The number of carbonyl (C=O) groups is 4. The van der Waals surface area contributed by atoms with Crippen LogP contribution < -0.4 is 18.9 Å². The van der Waals surface area contributed by atoms with Crippen LogP contribution in [0.2, 0.25) is 0 Å². The summed E-state index contributed by atoms with van der Waals surface area (Å²) in [5.74, 6) is -1.13. The number of hydrogen-bond acceptors (Lipinski definition) is 10. The van der Waals surface area contributed by atoms with Gasteiger partial charge in [0.2, 0.25) is 0 Å². The first kappa shape index (κ1) is 49.9. The van der Waals surface area contributed by atoms with E-state index in [1.165, 1.54) is 178 Å². The van der Waals surface area contributed by atoms with Crippen LogP contribution in [0.15, 0.2) is 97.1 Å². The zero-order valence-corrected chi connectivity index (χ0v) is 39.5. The van der Waals surface area contributed by atoms with Crippen molar-refractivity contribution < 1.29 is 38.1 Å². The molecule has 342 valence electrons. The van der Waals surface area contributed by atoms with E-state index < -0.39 is 23.9 Å². The SMILES string of the molecule is CCCCCCCCCCCCc1ccc(C(=O)Oc2ccc(C(=O)Oc3cccc(OC(=O)c4ccc(OC(=O)c5ccc(CCCCCCCCCCCC)s5)cc4)c3)cc2)s1. The fraction of sp³-hybridized carbons (Fsp3) is 0.444. The summed E-state index contributed by atoms with van der Waals surface area (Å²) >= 11 is 2.93. The molecule has 0 saturated carbocycles. The second-order valence-corrected chi connectivity index (χ2v) is 18.8. The Hall–Kier alpha value is -5.06. The molecule has 5 rings (SSSR count). The van der Waals surface area contributed by atoms with Crippen LogP contribution in [0.5, 0.6) is 23.0 Å². The Labute approximate surface area is 388 Å². The van der Waals surface area contributed by atoms with E-state index in [0.29, 0.717) is 21.3 Å². The Morgan fingerprint density at radius 3 is 1.05 bits per heavy atom. The molecule has 8 nitrogen and oxygen atoms in total. The monoisotopic (exact) mass is 906 g/mol. The van der Waals surface area contributed by atoms with E-state index in [-0.39, 0.29) is 22.6 Å². The maximum Gasteiger partial charge on any atom is 0.353 e. The van der Waals surface area contributed by atoms with E-state index in [9.17, 15) is 19.2 Å².